The highest BCUT2D eigenvalue weighted by molar-refractivity contribution is 5.95. The van der Waals surface area contributed by atoms with E-state index in [4.69, 9.17) is 4.98 Å². The minimum atomic E-state index is -0.0378. The molecule has 5 aromatic rings. The molecule has 0 spiro atoms. The summed E-state index contributed by atoms with van der Waals surface area (Å²) in [5.41, 5.74) is 6.23. The molecule has 4 aromatic carbocycles. The van der Waals surface area contributed by atoms with Crippen LogP contribution >= 0.6 is 0 Å². The van der Waals surface area contributed by atoms with Crippen LogP contribution in [0.15, 0.2) is 84.9 Å². The Balaban J connectivity index is 1.40. The molecule has 0 unspecified atom stereocenters. The van der Waals surface area contributed by atoms with Crippen molar-refractivity contribution in [2.24, 2.45) is 0 Å². The molecule has 33 heavy (non-hydrogen) atoms. The van der Waals surface area contributed by atoms with E-state index in [0.717, 1.165) is 40.1 Å². The number of nitrogens with one attached hydrogen (secondary N) is 1. The Labute approximate surface area is 193 Å². The molecule has 4 heteroatoms. The summed E-state index contributed by atoms with van der Waals surface area (Å²) in [4.78, 5) is 17.6. The van der Waals surface area contributed by atoms with E-state index in [0.29, 0.717) is 13.0 Å². The van der Waals surface area contributed by atoms with Crippen molar-refractivity contribution in [1.82, 2.24) is 14.9 Å². The van der Waals surface area contributed by atoms with E-state index in [9.17, 15) is 4.79 Å². The van der Waals surface area contributed by atoms with Crippen molar-refractivity contribution in [3.8, 4) is 0 Å². The van der Waals surface area contributed by atoms with E-state index in [1.54, 1.807) is 0 Å². The van der Waals surface area contributed by atoms with Crippen LogP contribution in [-0.2, 0) is 13.0 Å². The Bertz CT molecular complexity index is 1460. The van der Waals surface area contributed by atoms with Crippen molar-refractivity contribution in [3.05, 3.63) is 113 Å². The van der Waals surface area contributed by atoms with Gasteiger partial charge >= 0.3 is 0 Å². The lowest BCUT2D eigenvalue weighted by atomic mass is 10.0. The summed E-state index contributed by atoms with van der Waals surface area (Å²) in [6.45, 7) is 5.29. The van der Waals surface area contributed by atoms with Crippen LogP contribution < -0.4 is 5.32 Å². The molecule has 1 heterocycles. The van der Waals surface area contributed by atoms with Crippen molar-refractivity contribution < 1.29 is 4.79 Å². The molecule has 0 saturated heterocycles. The Kier molecular flexibility index (Phi) is 5.66. The third-order valence-electron chi connectivity index (χ3n) is 6.20. The van der Waals surface area contributed by atoms with Crippen LogP contribution in [0, 0.1) is 13.8 Å². The van der Waals surface area contributed by atoms with Gasteiger partial charge in [0, 0.05) is 25.1 Å². The first-order valence-electron chi connectivity index (χ1n) is 11.4. The number of aromatic nitrogens is 2. The molecule has 0 radical (unpaired) electrons. The molecular weight excluding hydrogens is 406 g/mol. The van der Waals surface area contributed by atoms with E-state index in [1.807, 2.05) is 44.2 Å². The summed E-state index contributed by atoms with van der Waals surface area (Å²) in [5, 5.41) is 5.57. The molecule has 0 saturated carbocycles. The predicted molar refractivity (Wildman–Crippen MR) is 135 cm³/mol. The molecule has 164 valence electrons. The van der Waals surface area contributed by atoms with E-state index < -0.39 is 0 Å². The van der Waals surface area contributed by atoms with Crippen LogP contribution in [0.4, 0.5) is 0 Å². The maximum Gasteiger partial charge on any atom is 0.251 e. The quantitative estimate of drug-likeness (QED) is 0.366. The second-order valence-corrected chi connectivity index (χ2v) is 8.57. The minimum Gasteiger partial charge on any atom is -0.352 e. The number of nitrogens with zero attached hydrogens (tertiary/aromatic N) is 2. The minimum absolute atomic E-state index is 0.0378. The second-order valence-electron chi connectivity index (χ2n) is 8.57. The zero-order chi connectivity index (χ0) is 22.8. The zero-order valence-electron chi connectivity index (χ0n) is 19.0. The van der Waals surface area contributed by atoms with Crippen LogP contribution in [0.1, 0.15) is 32.9 Å². The van der Waals surface area contributed by atoms with Gasteiger partial charge in [0.15, 0.2) is 0 Å². The number of rotatable bonds is 6. The maximum atomic E-state index is 12.7. The standard InChI is InChI=1S/C29H27N3O/c1-20-14-15-24(21(2)18-20)29(33)30-17-16-28-31-26-12-5-6-13-27(26)32(28)19-23-10-7-9-22-8-3-4-11-25(22)23/h3-15,18H,16-17,19H2,1-2H3,(H,30,33). The second kappa shape index (κ2) is 8.91. The molecular formula is C29H27N3O. The summed E-state index contributed by atoms with van der Waals surface area (Å²) in [6, 6.07) is 29.1. The van der Waals surface area contributed by atoms with Gasteiger partial charge in [0.1, 0.15) is 5.82 Å². The summed E-state index contributed by atoms with van der Waals surface area (Å²) >= 11 is 0. The number of amides is 1. The van der Waals surface area contributed by atoms with Crippen LogP contribution in [0.5, 0.6) is 0 Å². The van der Waals surface area contributed by atoms with Crippen LogP contribution in [0.25, 0.3) is 21.8 Å². The van der Waals surface area contributed by atoms with Gasteiger partial charge in [-0.15, -0.1) is 0 Å². The number of imidazole rings is 1. The first kappa shape index (κ1) is 21.0. The lowest BCUT2D eigenvalue weighted by Crippen LogP contribution is -2.27. The number of para-hydroxylation sites is 2. The highest BCUT2D eigenvalue weighted by atomic mass is 16.1. The summed E-state index contributed by atoms with van der Waals surface area (Å²) in [5.74, 6) is 0.939. The normalized spacial score (nSPS) is 11.2. The molecule has 0 aliphatic heterocycles. The van der Waals surface area contributed by atoms with Crippen molar-refractivity contribution in [2.45, 2.75) is 26.8 Å². The first-order chi connectivity index (χ1) is 16.1. The molecule has 0 atom stereocenters. The van der Waals surface area contributed by atoms with E-state index in [-0.39, 0.29) is 5.91 Å². The number of fused-ring (bicyclic) bond motifs is 2. The van der Waals surface area contributed by atoms with Crippen LogP contribution in [0.3, 0.4) is 0 Å². The van der Waals surface area contributed by atoms with Gasteiger partial charge in [0.2, 0.25) is 0 Å². The van der Waals surface area contributed by atoms with Gasteiger partial charge < -0.3 is 9.88 Å². The smallest absolute Gasteiger partial charge is 0.251 e. The van der Waals surface area contributed by atoms with Gasteiger partial charge in [-0.05, 0) is 53.9 Å². The van der Waals surface area contributed by atoms with Crippen molar-refractivity contribution in [1.29, 1.82) is 0 Å². The largest absolute Gasteiger partial charge is 0.352 e. The van der Waals surface area contributed by atoms with Gasteiger partial charge in [0.25, 0.3) is 5.91 Å². The highest BCUT2D eigenvalue weighted by Gasteiger charge is 2.14. The Hall–Kier alpha value is -3.92. The molecule has 0 bridgehead atoms. The predicted octanol–water partition coefficient (Wildman–Crippen LogP) is 5.83. The fraction of sp³-hybridized carbons (Fsp3) is 0.172. The number of hydrogen-bond acceptors (Lipinski definition) is 2. The third-order valence-corrected chi connectivity index (χ3v) is 6.20. The Morgan fingerprint density at radius 1 is 0.909 bits per heavy atom. The number of carbonyl (C=O) groups is 1. The van der Waals surface area contributed by atoms with E-state index in [1.165, 1.54) is 16.3 Å². The number of carbonyl (C=O) groups excluding carboxylic acids is 1. The maximum absolute atomic E-state index is 12.7. The molecule has 0 aliphatic rings. The number of aryl methyl sites for hydroxylation is 2. The highest BCUT2D eigenvalue weighted by Crippen LogP contribution is 2.23. The van der Waals surface area contributed by atoms with Gasteiger partial charge in [-0.1, -0.05) is 72.3 Å². The zero-order valence-corrected chi connectivity index (χ0v) is 19.0. The lowest BCUT2D eigenvalue weighted by Gasteiger charge is -2.13. The monoisotopic (exact) mass is 433 g/mol. The van der Waals surface area contributed by atoms with Gasteiger partial charge in [0.05, 0.1) is 11.0 Å². The molecule has 0 aliphatic carbocycles. The SMILES string of the molecule is Cc1ccc(C(=O)NCCc2nc3ccccc3n2Cc2cccc3ccccc23)c(C)c1. The van der Waals surface area contributed by atoms with E-state index in [2.05, 4.69) is 64.5 Å². The number of hydrogen-bond donors (Lipinski definition) is 1. The van der Waals surface area contributed by atoms with Crippen molar-refractivity contribution >= 4 is 27.7 Å². The fourth-order valence-electron chi connectivity index (χ4n) is 4.54. The summed E-state index contributed by atoms with van der Waals surface area (Å²) < 4.78 is 2.28. The molecule has 4 nitrogen and oxygen atoms in total. The molecule has 1 N–H and O–H groups in total. The third kappa shape index (κ3) is 4.24. The van der Waals surface area contributed by atoms with Crippen LogP contribution in [0.2, 0.25) is 0 Å². The van der Waals surface area contributed by atoms with Crippen molar-refractivity contribution in [2.75, 3.05) is 6.54 Å². The van der Waals surface area contributed by atoms with Gasteiger partial charge in [-0.3, -0.25) is 4.79 Å². The average molecular weight is 434 g/mol. The molecule has 1 aromatic heterocycles. The first-order valence-corrected chi connectivity index (χ1v) is 11.4. The summed E-state index contributed by atoms with van der Waals surface area (Å²) in [6.07, 6.45) is 0.663. The molecule has 0 fully saturated rings. The Morgan fingerprint density at radius 2 is 1.70 bits per heavy atom. The fourth-order valence-corrected chi connectivity index (χ4v) is 4.54. The van der Waals surface area contributed by atoms with Gasteiger partial charge in [-0.2, -0.15) is 0 Å². The van der Waals surface area contributed by atoms with Gasteiger partial charge in [-0.25, -0.2) is 4.98 Å². The Morgan fingerprint density at radius 3 is 2.58 bits per heavy atom. The lowest BCUT2D eigenvalue weighted by molar-refractivity contribution is 0.0953. The molecule has 1 amide bonds. The van der Waals surface area contributed by atoms with Crippen molar-refractivity contribution in [3.63, 3.8) is 0 Å². The summed E-state index contributed by atoms with van der Waals surface area (Å²) in [7, 11) is 0. The topological polar surface area (TPSA) is 46.9 Å². The average Bonchev–Trinajstić information content (AvgIpc) is 3.16. The van der Waals surface area contributed by atoms with Crippen LogP contribution in [-0.4, -0.2) is 22.0 Å². The molecule has 5 rings (SSSR count). The number of benzene rings is 4. The van der Waals surface area contributed by atoms with E-state index >= 15 is 0 Å².